The summed E-state index contributed by atoms with van der Waals surface area (Å²) in [7, 11) is -6.30. The van der Waals surface area contributed by atoms with E-state index in [4.69, 9.17) is 4.74 Å². The van der Waals surface area contributed by atoms with Crippen molar-refractivity contribution >= 4 is 47.0 Å². The second-order valence-corrected chi connectivity index (χ2v) is 11.2. The first kappa shape index (κ1) is 20.7. The summed E-state index contributed by atoms with van der Waals surface area (Å²) in [5.41, 5.74) is 0.952. The lowest BCUT2D eigenvalue weighted by molar-refractivity contribution is 0.184. The molecule has 0 bridgehead atoms. The van der Waals surface area contributed by atoms with Crippen LogP contribution in [-0.4, -0.2) is 30.2 Å². The monoisotopic (exact) mass is 443 g/mol. The van der Waals surface area contributed by atoms with Gasteiger partial charge in [-0.2, -0.15) is 0 Å². The van der Waals surface area contributed by atoms with E-state index in [1.165, 1.54) is 37.4 Å². The van der Waals surface area contributed by atoms with Gasteiger partial charge in [0, 0.05) is 18.1 Å². The van der Waals surface area contributed by atoms with Crippen molar-refractivity contribution in [3.8, 4) is 0 Å². The molecule has 1 aromatic heterocycles. The van der Waals surface area contributed by atoms with E-state index in [0.29, 0.717) is 21.2 Å². The summed E-state index contributed by atoms with van der Waals surface area (Å²) in [6.07, 6.45) is 1.00. The maximum absolute atomic E-state index is 13.5. The predicted octanol–water partition coefficient (Wildman–Crippen LogP) is 3.70. The minimum Gasteiger partial charge on any atom is -0.380 e. The molecule has 10 heteroatoms. The zero-order valence-corrected chi connectivity index (χ0v) is 17.8. The zero-order valence-electron chi connectivity index (χ0n) is 15.3. The Morgan fingerprint density at radius 1 is 1.11 bits per heavy atom. The van der Waals surface area contributed by atoms with Crippen molar-refractivity contribution in [1.29, 1.82) is 0 Å². The van der Waals surface area contributed by atoms with E-state index in [2.05, 4.69) is 4.72 Å². The van der Waals surface area contributed by atoms with Gasteiger partial charge in [0.1, 0.15) is 10.0 Å². The number of benzene rings is 2. The maximum atomic E-state index is 13.5. The molecule has 150 valence electrons. The normalized spacial score (nSPS) is 12.4. The first-order valence-electron chi connectivity index (χ1n) is 8.06. The topological polar surface area (TPSA) is 89.5 Å². The van der Waals surface area contributed by atoms with Gasteiger partial charge in [-0.05, 0) is 53.8 Å². The third kappa shape index (κ3) is 4.04. The van der Waals surface area contributed by atoms with E-state index in [1.54, 1.807) is 13.0 Å². The highest BCUT2D eigenvalue weighted by Crippen LogP contribution is 2.36. The number of sulfonamides is 1. The van der Waals surface area contributed by atoms with Gasteiger partial charge in [0.05, 0.1) is 17.2 Å². The SMILES string of the molecule is COCc1ccc(NS(=O)(=O)c2sc3ccc(F)cc3c2C)c(S(C)(=O)=O)c1. The fraction of sp³-hybridized carbons (Fsp3) is 0.222. The number of thiophene rings is 1. The summed E-state index contributed by atoms with van der Waals surface area (Å²) in [4.78, 5) is -0.143. The van der Waals surface area contributed by atoms with E-state index in [1.807, 2.05) is 0 Å². The Bertz CT molecular complexity index is 1260. The molecule has 2 aromatic carbocycles. The minimum atomic E-state index is -4.08. The molecule has 0 saturated carbocycles. The van der Waals surface area contributed by atoms with E-state index in [0.717, 1.165) is 17.6 Å². The van der Waals surface area contributed by atoms with Crippen molar-refractivity contribution in [2.24, 2.45) is 0 Å². The van der Waals surface area contributed by atoms with Gasteiger partial charge in [-0.1, -0.05) is 6.07 Å². The number of hydrogen-bond donors (Lipinski definition) is 1. The fourth-order valence-electron chi connectivity index (χ4n) is 2.83. The summed E-state index contributed by atoms with van der Waals surface area (Å²) < 4.78 is 71.7. The molecule has 1 heterocycles. The molecule has 0 saturated heterocycles. The molecule has 0 atom stereocenters. The molecule has 0 aliphatic carbocycles. The molecule has 3 aromatic rings. The number of halogens is 1. The Balaban J connectivity index is 2.09. The Kier molecular flexibility index (Phi) is 5.50. The molecule has 0 spiro atoms. The number of hydrogen-bond acceptors (Lipinski definition) is 6. The largest absolute Gasteiger partial charge is 0.380 e. The lowest BCUT2D eigenvalue weighted by Crippen LogP contribution is -2.15. The Morgan fingerprint density at radius 3 is 2.46 bits per heavy atom. The lowest BCUT2D eigenvalue weighted by atomic mass is 10.2. The highest BCUT2D eigenvalue weighted by Gasteiger charge is 2.25. The summed E-state index contributed by atoms with van der Waals surface area (Å²) in [6, 6.07) is 8.42. The predicted molar refractivity (Wildman–Crippen MR) is 108 cm³/mol. The molecule has 0 fully saturated rings. The quantitative estimate of drug-likeness (QED) is 0.627. The van der Waals surface area contributed by atoms with Gasteiger partial charge in [-0.25, -0.2) is 21.2 Å². The third-order valence-corrected chi connectivity index (χ3v) is 8.49. The summed E-state index contributed by atoms with van der Waals surface area (Å²) in [5, 5.41) is 0.504. The van der Waals surface area contributed by atoms with Crippen molar-refractivity contribution in [3.05, 3.63) is 53.3 Å². The van der Waals surface area contributed by atoms with Gasteiger partial charge in [-0.3, -0.25) is 4.72 Å². The molecule has 28 heavy (non-hydrogen) atoms. The van der Waals surface area contributed by atoms with E-state index in [9.17, 15) is 21.2 Å². The number of rotatable bonds is 6. The molecule has 0 amide bonds. The maximum Gasteiger partial charge on any atom is 0.271 e. The van der Waals surface area contributed by atoms with Crippen LogP contribution in [0.1, 0.15) is 11.1 Å². The number of sulfone groups is 1. The first-order chi connectivity index (χ1) is 13.0. The average Bonchev–Trinajstić information content (AvgIpc) is 2.93. The Morgan fingerprint density at radius 2 is 1.82 bits per heavy atom. The van der Waals surface area contributed by atoms with Gasteiger partial charge < -0.3 is 4.74 Å². The van der Waals surface area contributed by atoms with Crippen molar-refractivity contribution < 1.29 is 26.0 Å². The van der Waals surface area contributed by atoms with Crippen LogP contribution in [0.2, 0.25) is 0 Å². The van der Waals surface area contributed by atoms with Crippen molar-refractivity contribution in [1.82, 2.24) is 0 Å². The van der Waals surface area contributed by atoms with Gasteiger partial charge in [0.15, 0.2) is 9.84 Å². The Hall–Kier alpha value is -2.01. The molecule has 0 aliphatic heterocycles. The van der Waals surface area contributed by atoms with Crippen LogP contribution >= 0.6 is 11.3 Å². The van der Waals surface area contributed by atoms with Crippen LogP contribution in [0.3, 0.4) is 0 Å². The minimum absolute atomic E-state index is 0.00789. The number of aryl methyl sites for hydroxylation is 1. The van der Waals surface area contributed by atoms with Crippen LogP contribution in [0.25, 0.3) is 10.1 Å². The number of fused-ring (bicyclic) bond motifs is 1. The van der Waals surface area contributed by atoms with Crippen LogP contribution < -0.4 is 4.72 Å². The van der Waals surface area contributed by atoms with E-state index >= 15 is 0 Å². The summed E-state index contributed by atoms with van der Waals surface area (Å²) in [6.45, 7) is 1.78. The molecular weight excluding hydrogens is 425 g/mol. The smallest absolute Gasteiger partial charge is 0.271 e. The zero-order chi connectivity index (χ0) is 20.7. The molecule has 0 unspecified atom stereocenters. The van der Waals surface area contributed by atoms with Gasteiger partial charge in [0.2, 0.25) is 0 Å². The Labute approximate surface area is 166 Å². The number of anilines is 1. The molecule has 6 nitrogen and oxygen atoms in total. The van der Waals surface area contributed by atoms with Crippen LogP contribution in [-0.2, 0) is 31.2 Å². The van der Waals surface area contributed by atoms with Gasteiger partial charge >= 0.3 is 0 Å². The second kappa shape index (κ2) is 7.43. The molecule has 0 radical (unpaired) electrons. The first-order valence-corrected chi connectivity index (χ1v) is 12.3. The third-order valence-electron chi connectivity index (χ3n) is 4.10. The second-order valence-electron chi connectivity index (χ2n) is 6.30. The highest BCUT2D eigenvalue weighted by atomic mass is 32.2. The van der Waals surface area contributed by atoms with Crippen molar-refractivity contribution in [3.63, 3.8) is 0 Å². The van der Waals surface area contributed by atoms with Gasteiger partial charge in [0.25, 0.3) is 10.0 Å². The van der Waals surface area contributed by atoms with Crippen molar-refractivity contribution in [2.75, 3.05) is 18.1 Å². The fourth-order valence-corrected chi connectivity index (χ4v) is 6.61. The molecule has 1 N–H and O–H groups in total. The van der Waals surface area contributed by atoms with Crippen LogP contribution in [0.4, 0.5) is 10.1 Å². The van der Waals surface area contributed by atoms with Crippen LogP contribution in [0.15, 0.2) is 45.5 Å². The van der Waals surface area contributed by atoms with Crippen molar-refractivity contribution in [2.45, 2.75) is 22.6 Å². The lowest BCUT2D eigenvalue weighted by Gasteiger charge is -2.13. The van der Waals surface area contributed by atoms with E-state index in [-0.39, 0.29) is 21.4 Å². The number of nitrogens with one attached hydrogen (secondary N) is 1. The van der Waals surface area contributed by atoms with Crippen LogP contribution in [0.5, 0.6) is 0 Å². The number of ether oxygens (including phenoxy) is 1. The summed E-state index contributed by atoms with van der Waals surface area (Å²) >= 11 is 0.997. The molecule has 3 rings (SSSR count). The standard InChI is InChI=1S/C18H18FNO5S3/c1-11-14-9-13(19)5-7-16(14)26-18(11)28(23,24)20-15-6-4-12(10-25-2)8-17(15)27(3,21)22/h4-9,20H,10H2,1-3H3. The highest BCUT2D eigenvalue weighted by molar-refractivity contribution is 7.95. The number of methoxy groups -OCH3 is 1. The molecular formula is C18H18FNO5S3. The van der Waals surface area contributed by atoms with Crippen LogP contribution in [0, 0.1) is 12.7 Å². The van der Waals surface area contributed by atoms with E-state index < -0.39 is 25.7 Å². The summed E-state index contributed by atoms with van der Waals surface area (Å²) in [5.74, 6) is -0.460. The molecule has 0 aliphatic rings. The van der Waals surface area contributed by atoms with Gasteiger partial charge in [-0.15, -0.1) is 11.3 Å². The average molecular weight is 444 g/mol.